The maximum atomic E-state index is 13.0. The minimum Gasteiger partial charge on any atom is -0.322 e. The normalized spacial score (nSPS) is 11.3. The van der Waals surface area contributed by atoms with Gasteiger partial charge in [0.05, 0.1) is 46.8 Å². The molecule has 1 amide bonds. The third-order valence-electron chi connectivity index (χ3n) is 5.79. The highest BCUT2D eigenvalue weighted by atomic mass is 16.2. The summed E-state index contributed by atoms with van der Waals surface area (Å²) in [7, 11) is 0. The van der Waals surface area contributed by atoms with Crippen LogP contribution < -0.4 is 10.9 Å². The van der Waals surface area contributed by atoms with Crippen LogP contribution in [-0.2, 0) is 11.3 Å². The summed E-state index contributed by atoms with van der Waals surface area (Å²) < 4.78 is 1.84. The average Bonchev–Trinajstić information content (AvgIpc) is 3.11. The number of nitrogens with one attached hydrogen (secondary N) is 2. The highest BCUT2D eigenvalue weighted by Crippen LogP contribution is 2.22. The van der Waals surface area contributed by atoms with Gasteiger partial charge in [0.1, 0.15) is 5.82 Å². The predicted octanol–water partition coefficient (Wildman–Crippen LogP) is 3.97. The lowest BCUT2D eigenvalue weighted by Gasteiger charge is -2.21. The van der Waals surface area contributed by atoms with E-state index in [4.69, 9.17) is 0 Å². The van der Waals surface area contributed by atoms with Crippen molar-refractivity contribution in [3.05, 3.63) is 82.2 Å². The number of aromatic nitrogens is 4. The molecule has 2 N–H and O–H groups in total. The molecule has 0 aliphatic heterocycles. The Balaban J connectivity index is 1.50. The number of benzene rings is 2. The monoisotopic (exact) mass is 458 g/mol. The molecule has 2 aromatic heterocycles. The minimum atomic E-state index is -0.167. The number of carbonyl (C=O) groups is 1. The lowest BCUT2D eigenvalue weighted by molar-refractivity contribution is -0.117. The van der Waals surface area contributed by atoms with Crippen molar-refractivity contribution in [2.24, 2.45) is 0 Å². The zero-order chi connectivity index (χ0) is 24.1. The van der Waals surface area contributed by atoms with Gasteiger partial charge in [0.25, 0.3) is 5.56 Å². The largest absolute Gasteiger partial charge is 0.322 e. The summed E-state index contributed by atoms with van der Waals surface area (Å²) in [6.45, 7) is 7.24. The summed E-state index contributed by atoms with van der Waals surface area (Å²) in [5.74, 6) is 0.426. The van der Waals surface area contributed by atoms with Crippen molar-refractivity contribution in [3.8, 4) is 5.69 Å². The van der Waals surface area contributed by atoms with Gasteiger partial charge in [0, 0.05) is 0 Å². The number of para-hydroxylation sites is 2. The number of unbranched alkanes of at least 4 members (excludes halogenated alkanes) is 1. The summed E-state index contributed by atoms with van der Waals surface area (Å²) >= 11 is 0. The molecular formula is C26H30N6O2. The van der Waals surface area contributed by atoms with Crippen molar-refractivity contribution < 1.29 is 4.79 Å². The number of anilines is 1. The van der Waals surface area contributed by atoms with Gasteiger partial charge < -0.3 is 10.3 Å². The van der Waals surface area contributed by atoms with Crippen molar-refractivity contribution >= 4 is 22.5 Å². The first-order chi connectivity index (χ1) is 16.5. The van der Waals surface area contributed by atoms with Crippen LogP contribution in [0.15, 0.2) is 59.4 Å². The van der Waals surface area contributed by atoms with Crippen LogP contribution in [0.25, 0.3) is 16.6 Å². The molecule has 0 aliphatic carbocycles. The molecule has 0 fully saturated rings. The average molecular weight is 459 g/mol. The van der Waals surface area contributed by atoms with Gasteiger partial charge in [-0.3, -0.25) is 14.5 Å². The number of amides is 1. The van der Waals surface area contributed by atoms with Gasteiger partial charge in [0.2, 0.25) is 5.91 Å². The van der Waals surface area contributed by atoms with E-state index in [1.807, 2.05) is 72.0 Å². The van der Waals surface area contributed by atoms with Gasteiger partial charge in [-0.25, -0.2) is 9.67 Å². The summed E-state index contributed by atoms with van der Waals surface area (Å²) in [4.78, 5) is 35.0. The van der Waals surface area contributed by atoms with E-state index < -0.39 is 0 Å². The second kappa shape index (κ2) is 10.4. The fourth-order valence-corrected chi connectivity index (χ4v) is 4.04. The van der Waals surface area contributed by atoms with Gasteiger partial charge in [-0.1, -0.05) is 43.7 Å². The summed E-state index contributed by atoms with van der Waals surface area (Å²) in [5, 5.41) is 8.21. The summed E-state index contributed by atoms with van der Waals surface area (Å²) in [6, 6.07) is 17.1. The van der Waals surface area contributed by atoms with E-state index in [9.17, 15) is 9.59 Å². The molecule has 2 aromatic carbocycles. The van der Waals surface area contributed by atoms with Gasteiger partial charge >= 0.3 is 0 Å². The third kappa shape index (κ3) is 5.23. The number of fused-ring (bicyclic) bond motifs is 1. The van der Waals surface area contributed by atoms with E-state index >= 15 is 0 Å². The smallest absolute Gasteiger partial charge is 0.258 e. The zero-order valence-corrected chi connectivity index (χ0v) is 19.8. The molecule has 0 aliphatic rings. The topological polar surface area (TPSA) is 95.9 Å². The van der Waals surface area contributed by atoms with Crippen LogP contribution in [0.5, 0.6) is 0 Å². The molecule has 0 saturated heterocycles. The van der Waals surface area contributed by atoms with Crippen LogP contribution in [0, 0.1) is 13.8 Å². The highest BCUT2D eigenvalue weighted by Gasteiger charge is 2.18. The second-order valence-electron chi connectivity index (χ2n) is 8.44. The predicted molar refractivity (Wildman–Crippen MR) is 134 cm³/mol. The first kappa shape index (κ1) is 23.4. The maximum Gasteiger partial charge on any atom is 0.258 e. The number of nitrogens with zero attached hydrogens (tertiary/aromatic N) is 4. The van der Waals surface area contributed by atoms with Crippen molar-refractivity contribution in [2.75, 3.05) is 18.4 Å². The van der Waals surface area contributed by atoms with Crippen LogP contribution in [-0.4, -0.2) is 43.6 Å². The Kier molecular flexibility index (Phi) is 7.18. The van der Waals surface area contributed by atoms with Gasteiger partial charge in [-0.2, -0.15) is 5.10 Å². The van der Waals surface area contributed by atoms with Crippen molar-refractivity contribution in [3.63, 3.8) is 0 Å². The van der Waals surface area contributed by atoms with E-state index in [2.05, 4.69) is 27.3 Å². The van der Waals surface area contributed by atoms with E-state index in [0.717, 1.165) is 42.1 Å². The summed E-state index contributed by atoms with van der Waals surface area (Å²) in [5.41, 5.74) is 3.79. The Morgan fingerprint density at radius 1 is 1.09 bits per heavy atom. The standard InChI is InChI=1S/C26H30N6O2/c1-4-5-15-31(16-23-27-22-14-10-9-13-21(22)26(34)28-23)17-24(33)29-25-18(2)30-32(19(25)3)20-11-7-6-8-12-20/h6-14H,4-5,15-17H2,1-3H3,(H,29,33)(H,27,28,34). The first-order valence-corrected chi connectivity index (χ1v) is 11.6. The maximum absolute atomic E-state index is 13.0. The Bertz CT molecular complexity index is 1340. The number of H-pyrrole nitrogens is 1. The highest BCUT2D eigenvalue weighted by molar-refractivity contribution is 5.93. The molecule has 0 spiro atoms. The molecule has 4 rings (SSSR count). The number of aromatic amines is 1. The lowest BCUT2D eigenvalue weighted by atomic mass is 10.2. The van der Waals surface area contributed by atoms with Crippen LogP contribution in [0.3, 0.4) is 0 Å². The van der Waals surface area contributed by atoms with Gasteiger partial charge in [-0.05, 0) is 51.1 Å². The van der Waals surface area contributed by atoms with E-state index in [-0.39, 0.29) is 18.0 Å². The Morgan fingerprint density at radius 2 is 1.82 bits per heavy atom. The number of rotatable bonds is 9. The molecule has 0 atom stereocenters. The molecule has 176 valence electrons. The molecule has 0 saturated carbocycles. The van der Waals surface area contributed by atoms with Crippen LogP contribution in [0.1, 0.15) is 37.0 Å². The number of hydrogen-bond acceptors (Lipinski definition) is 5. The SMILES string of the molecule is CCCCN(CC(=O)Nc1c(C)nn(-c2ccccc2)c1C)Cc1nc2ccccc2c(=O)[nH]1. The minimum absolute atomic E-state index is 0.127. The Morgan fingerprint density at radius 3 is 2.59 bits per heavy atom. The third-order valence-corrected chi connectivity index (χ3v) is 5.79. The van der Waals surface area contributed by atoms with E-state index in [1.54, 1.807) is 6.07 Å². The molecule has 34 heavy (non-hydrogen) atoms. The van der Waals surface area contributed by atoms with Crippen LogP contribution >= 0.6 is 0 Å². The molecule has 0 unspecified atom stereocenters. The number of carbonyl (C=O) groups excluding carboxylic acids is 1. The fraction of sp³-hybridized carbons (Fsp3) is 0.308. The molecule has 8 heteroatoms. The molecule has 4 aromatic rings. The van der Waals surface area contributed by atoms with Crippen molar-refractivity contribution in [2.45, 2.75) is 40.2 Å². The van der Waals surface area contributed by atoms with Gasteiger partial charge in [-0.15, -0.1) is 0 Å². The van der Waals surface area contributed by atoms with Crippen molar-refractivity contribution in [1.82, 2.24) is 24.6 Å². The molecule has 2 heterocycles. The van der Waals surface area contributed by atoms with Crippen LogP contribution in [0.2, 0.25) is 0 Å². The van der Waals surface area contributed by atoms with Gasteiger partial charge in [0.15, 0.2) is 0 Å². The van der Waals surface area contributed by atoms with Crippen LogP contribution in [0.4, 0.5) is 5.69 Å². The number of hydrogen-bond donors (Lipinski definition) is 2. The fourth-order valence-electron chi connectivity index (χ4n) is 4.04. The zero-order valence-electron chi connectivity index (χ0n) is 19.8. The molecule has 0 bridgehead atoms. The lowest BCUT2D eigenvalue weighted by Crippen LogP contribution is -2.35. The second-order valence-corrected chi connectivity index (χ2v) is 8.44. The number of aryl methyl sites for hydroxylation is 1. The first-order valence-electron chi connectivity index (χ1n) is 11.6. The molecule has 0 radical (unpaired) electrons. The van der Waals surface area contributed by atoms with E-state index in [0.29, 0.717) is 23.3 Å². The van der Waals surface area contributed by atoms with Crippen molar-refractivity contribution in [1.29, 1.82) is 0 Å². The molecular weight excluding hydrogens is 428 g/mol. The van der Waals surface area contributed by atoms with E-state index in [1.165, 1.54) is 0 Å². The molecule has 8 nitrogen and oxygen atoms in total. The summed E-state index contributed by atoms with van der Waals surface area (Å²) in [6.07, 6.45) is 1.94. The quantitative estimate of drug-likeness (QED) is 0.396. The Labute approximate surface area is 198 Å². The Hall–Kier alpha value is -3.78.